The first kappa shape index (κ1) is 42.4. The van der Waals surface area contributed by atoms with E-state index < -0.39 is 0 Å². The molecule has 0 spiro atoms. The van der Waals surface area contributed by atoms with E-state index in [0.29, 0.717) is 13.2 Å². The number of ether oxygens (including phenoxy) is 2. The molecule has 2 aromatic rings. The molecule has 0 aliphatic heterocycles. The van der Waals surface area contributed by atoms with Gasteiger partial charge >= 0.3 is 0 Å². The van der Waals surface area contributed by atoms with Crippen LogP contribution in [0.3, 0.4) is 0 Å². The van der Waals surface area contributed by atoms with Gasteiger partial charge in [0, 0.05) is 13.2 Å². The van der Waals surface area contributed by atoms with Crippen molar-refractivity contribution < 1.29 is 9.47 Å². The maximum Gasteiger partial charge on any atom is 0.0722 e. The molecule has 0 atom stereocenters. The van der Waals surface area contributed by atoms with Crippen molar-refractivity contribution in [3.63, 3.8) is 0 Å². The fraction of sp³-hybridized carbons (Fsp3) is 0.727. The summed E-state index contributed by atoms with van der Waals surface area (Å²) in [6.45, 7) is 12.3. The zero-order valence-electron chi connectivity index (χ0n) is 32.1. The van der Waals surface area contributed by atoms with Crippen LogP contribution in [0.1, 0.15) is 153 Å². The van der Waals surface area contributed by atoms with Crippen molar-refractivity contribution in [3.8, 4) is 11.1 Å². The van der Waals surface area contributed by atoms with Crippen LogP contribution >= 0.6 is 0 Å². The summed E-state index contributed by atoms with van der Waals surface area (Å²) in [5, 5.41) is 0. The fourth-order valence-electron chi connectivity index (χ4n) is 6.61. The Bertz CT molecular complexity index is 916. The van der Waals surface area contributed by atoms with E-state index in [4.69, 9.17) is 9.47 Å². The number of hydrogen-bond acceptors (Lipinski definition) is 4. The second-order valence-corrected chi connectivity index (χ2v) is 14.4. The Labute approximate surface area is 298 Å². The molecule has 0 N–H and O–H groups in total. The number of benzene rings is 2. The molecule has 2 aromatic carbocycles. The molecule has 274 valence electrons. The van der Waals surface area contributed by atoms with E-state index in [-0.39, 0.29) is 0 Å². The molecule has 0 amide bonds. The summed E-state index contributed by atoms with van der Waals surface area (Å²) in [5.41, 5.74) is 5.06. The standard InChI is InChI=1S/C44H76N2O2/c1-5-7-9-11-13-15-17-23-33-45(3)35-25-27-37-47-39-41-29-19-21-31-43(41)44-32-22-20-30-42(44)40-48-38-28-26-36-46(4)34-24-18-16-14-12-10-8-6-2/h19-22,29-32H,5-18,23-28,33-40H2,1-4H3. The van der Waals surface area contributed by atoms with Gasteiger partial charge in [-0.15, -0.1) is 0 Å². The van der Waals surface area contributed by atoms with Crippen LogP contribution in [-0.2, 0) is 22.7 Å². The molecule has 0 unspecified atom stereocenters. The molecule has 48 heavy (non-hydrogen) atoms. The van der Waals surface area contributed by atoms with Gasteiger partial charge in [-0.25, -0.2) is 0 Å². The Hall–Kier alpha value is -1.72. The van der Waals surface area contributed by atoms with Gasteiger partial charge in [0.1, 0.15) is 0 Å². The van der Waals surface area contributed by atoms with Gasteiger partial charge in [-0.05, 0) is 101 Å². The summed E-state index contributed by atoms with van der Waals surface area (Å²) in [7, 11) is 4.55. The summed E-state index contributed by atoms with van der Waals surface area (Å²) >= 11 is 0. The van der Waals surface area contributed by atoms with Crippen LogP contribution in [0.4, 0.5) is 0 Å². The average Bonchev–Trinajstić information content (AvgIpc) is 3.10. The third-order valence-corrected chi connectivity index (χ3v) is 9.78. The van der Waals surface area contributed by atoms with Crippen LogP contribution in [0.25, 0.3) is 11.1 Å². The van der Waals surface area contributed by atoms with E-state index >= 15 is 0 Å². The first-order valence-electron chi connectivity index (χ1n) is 20.3. The fourth-order valence-corrected chi connectivity index (χ4v) is 6.61. The lowest BCUT2D eigenvalue weighted by Gasteiger charge is -2.17. The van der Waals surface area contributed by atoms with Crippen molar-refractivity contribution in [1.82, 2.24) is 9.80 Å². The minimum atomic E-state index is 0.659. The summed E-state index contributed by atoms with van der Waals surface area (Å²) in [4.78, 5) is 5.01. The molecule has 0 aliphatic rings. The molecule has 2 rings (SSSR count). The molecule has 4 heteroatoms. The molecule has 0 fully saturated rings. The predicted octanol–water partition coefficient (Wildman–Crippen LogP) is 12.1. The smallest absolute Gasteiger partial charge is 0.0722 e. The Morgan fingerprint density at radius 3 is 1.08 bits per heavy atom. The summed E-state index contributed by atoms with van der Waals surface area (Å²) in [5.74, 6) is 0. The molecule has 0 saturated heterocycles. The van der Waals surface area contributed by atoms with Crippen molar-refractivity contribution in [2.24, 2.45) is 0 Å². The van der Waals surface area contributed by atoms with E-state index in [1.54, 1.807) is 0 Å². The van der Waals surface area contributed by atoms with E-state index in [1.807, 2.05) is 0 Å². The maximum absolute atomic E-state index is 6.20. The topological polar surface area (TPSA) is 24.9 Å². The van der Waals surface area contributed by atoms with Gasteiger partial charge in [0.15, 0.2) is 0 Å². The highest BCUT2D eigenvalue weighted by atomic mass is 16.5. The quantitative estimate of drug-likeness (QED) is 0.0709. The monoisotopic (exact) mass is 665 g/mol. The molecular weight excluding hydrogens is 588 g/mol. The molecule has 4 nitrogen and oxygen atoms in total. The summed E-state index contributed by atoms with van der Waals surface area (Å²) < 4.78 is 12.4. The second-order valence-electron chi connectivity index (χ2n) is 14.4. The van der Waals surface area contributed by atoms with E-state index in [0.717, 1.165) is 26.1 Å². The van der Waals surface area contributed by atoms with E-state index in [9.17, 15) is 0 Å². The SMILES string of the molecule is CCCCCCCCCCN(C)CCCCOCc1ccccc1-c1ccccc1COCCCCN(C)CCCCCCCCCC. The van der Waals surface area contributed by atoms with Crippen LogP contribution < -0.4 is 0 Å². The second kappa shape index (κ2) is 30.1. The van der Waals surface area contributed by atoms with Crippen molar-refractivity contribution in [2.45, 2.75) is 155 Å². The summed E-state index contributed by atoms with van der Waals surface area (Å²) in [6, 6.07) is 17.5. The van der Waals surface area contributed by atoms with Gasteiger partial charge in [0.2, 0.25) is 0 Å². The Kier molecular flexibility index (Phi) is 26.6. The van der Waals surface area contributed by atoms with E-state index in [1.165, 1.54) is 164 Å². The third-order valence-electron chi connectivity index (χ3n) is 9.78. The van der Waals surface area contributed by atoms with Crippen LogP contribution in [0.15, 0.2) is 48.5 Å². The Morgan fingerprint density at radius 2 is 0.708 bits per heavy atom. The normalized spacial score (nSPS) is 11.7. The van der Waals surface area contributed by atoms with Crippen LogP contribution in [0.2, 0.25) is 0 Å². The lowest BCUT2D eigenvalue weighted by atomic mass is 9.96. The molecule has 0 saturated carbocycles. The number of rotatable bonds is 33. The van der Waals surface area contributed by atoms with Crippen LogP contribution in [0, 0.1) is 0 Å². The summed E-state index contributed by atoms with van der Waals surface area (Å²) in [6.07, 6.45) is 26.9. The van der Waals surface area contributed by atoms with Gasteiger partial charge in [-0.3, -0.25) is 0 Å². The molecule has 0 heterocycles. The Morgan fingerprint density at radius 1 is 0.396 bits per heavy atom. The minimum absolute atomic E-state index is 0.659. The highest BCUT2D eigenvalue weighted by Gasteiger charge is 2.10. The Balaban J connectivity index is 1.60. The minimum Gasteiger partial charge on any atom is -0.377 e. The van der Waals surface area contributed by atoms with Gasteiger partial charge in [0.25, 0.3) is 0 Å². The number of unbranched alkanes of at least 4 members (excludes halogenated alkanes) is 16. The molecule has 0 aromatic heterocycles. The van der Waals surface area contributed by atoms with Crippen LogP contribution in [0.5, 0.6) is 0 Å². The zero-order chi connectivity index (χ0) is 34.3. The van der Waals surface area contributed by atoms with Gasteiger partial charge < -0.3 is 19.3 Å². The van der Waals surface area contributed by atoms with Crippen molar-refractivity contribution >= 4 is 0 Å². The van der Waals surface area contributed by atoms with Gasteiger partial charge in [-0.2, -0.15) is 0 Å². The van der Waals surface area contributed by atoms with Crippen molar-refractivity contribution in [3.05, 3.63) is 59.7 Å². The highest BCUT2D eigenvalue weighted by molar-refractivity contribution is 5.70. The largest absolute Gasteiger partial charge is 0.377 e. The maximum atomic E-state index is 6.20. The molecule has 0 radical (unpaired) electrons. The van der Waals surface area contributed by atoms with Crippen molar-refractivity contribution in [2.75, 3.05) is 53.5 Å². The third kappa shape index (κ3) is 21.4. The lowest BCUT2D eigenvalue weighted by molar-refractivity contribution is 0.114. The molecular formula is C44H76N2O2. The lowest BCUT2D eigenvalue weighted by Crippen LogP contribution is -2.21. The van der Waals surface area contributed by atoms with Gasteiger partial charge in [0.05, 0.1) is 13.2 Å². The first-order chi connectivity index (χ1) is 23.7. The number of hydrogen-bond donors (Lipinski definition) is 0. The molecule has 0 aliphatic carbocycles. The number of nitrogens with zero attached hydrogens (tertiary/aromatic N) is 2. The highest BCUT2D eigenvalue weighted by Crippen LogP contribution is 2.28. The zero-order valence-corrected chi connectivity index (χ0v) is 32.1. The van der Waals surface area contributed by atoms with Crippen LogP contribution in [-0.4, -0.2) is 63.3 Å². The van der Waals surface area contributed by atoms with Crippen molar-refractivity contribution in [1.29, 1.82) is 0 Å². The van der Waals surface area contributed by atoms with E-state index in [2.05, 4.69) is 86.3 Å². The van der Waals surface area contributed by atoms with Gasteiger partial charge in [-0.1, -0.05) is 152 Å². The molecule has 0 bridgehead atoms. The first-order valence-corrected chi connectivity index (χ1v) is 20.3. The average molecular weight is 665 g/mol. The predicted molar refractivity (Wildman–Crippen MR) is 210 cm³/mol.